The summed E-state index contributed by atoms with van der Waals surface area (Å²) in [5.41, 5.74) is 0. The van der Waals surface area contributed by atoms with Gasteiger partial charge in [-0.1, -0.05) is 0 Å². The summed E-state index contributed by atoms with van der Waals surface area (Å²) in [6.45, 7) is 0. The Labute approximate surface area is 112 Å². The fraction of sp³-hybridized carbons (Fsp3) is 0. The van der Waals surface area contributed by atoms with E-state index in [1.165, 1.54) is 0 Å². The molecule has 4 nitrogen and oxygen atoms in total. The average Bonchev–Trinajstić information content (AvgIpc) is 0.722. The Hall–Kier alpha value is 2.51. The summed E-state index contributed by atoms with van der Waals surface area (Å²) < 4.78 is 31.6. The maximum Gasteiger partial charge on any atom is 1.00 e. The van der Waals surface area contributed by atoms with Crippen molar-refractivity contribution >= 4 is 10.4 Å². The Morgan fingerprint density at radius 3 is 1.25 bits per heavy atom. The predicted molar refractivity (Wildman–Crippen MR) is 15.3 cm³/mol. The van der Waals surface area contributed by atoms with Crippen LogP contribution in [0.1, 0.15) is 1.43 Å². The normalized spacial score (nSPS) is 7.25. The molecule has 0 aromatic carbocycles. The van der Waals surface area contributed by atoms with Gasteiger partial charge in [-0.05, 0) is 0 Å². The molecule has 0 atom stereocenters. The molecule has 0 amide bonds. The molecule has 0 unspecified atom stereocenters. The first-order valence-corrected chi connectivity index (χ1v) is 2.10. The van der Waals surface area contributed by atoms with Crippen molar-refractivity contribution < 1.29 is 104 Å². The second-order valence-electron chi connectivity index (χ2n) is 0.448. The molecule has 53 valence electrons. The van der Waals surface area contributed by atoms with E-state index in [2.05, 4.69) is 0 Å². The number of rotatable bonds is 0. The van der Waals surface area contributed by atoms with Crippen molar-refractivity contribution in [1.82, 2.24) is 0 Å². The summed E-state index contributed by atoms with van der Waals surface area (Å²) in [5.74, 6) is 0. The summed E-state index contributed by atoms with van der Waals surface area (Å²) >= 11 is 0. The molecule has 0 aliphatic rings. The molecule has 0 aliphatic heterocycles. The van der Waals surface area contributed by atoms with Crippen LogP contribution in [0.25, 0.3) is 0 Å². The summed E-state index contributed by atoms with van der Waals surface area (Å²) in [5, 5.41) is 0. The average molecular weight is 256 g/mol. The topological polar surface area (TPSA) is 74.6 Å². The Kier molecular flexibility index (Phi) is 26.7. The molecule has 0 saturated heterocycles. The minimum absolute atomic E-state index is 0. The monoisotopic (exact) mass is 255 g/mol. The third-order valence-corrected chi connectivity index (χ3v) is 0. The van der Waals surface area contributed by atoms with Crippen molar-refractivity contribution in [2.75, 3.05) is 0 Å². The van der Waals surface area contributed by atoms with Crippen molar-refractivity contribution in [3.05, 3.63) is 0 Å². The molecule has 0 bridgehead atoms. The van der Waals surface area contributed by atoms with E-state index in [4.69, 9.17) is 17.5 Å². The van der Waals surface area contributed by atoms with E-state index in [-0.39, 0.29) is 86.1 Å². The van der Waals surface area contributed by atoms with Crippen LogP contribution in [0, 0.1) is 0 Å². The summed E-state index contributed by atoms with van der Waals surface area (Å²) in [6.07, 6.45) is 0. The Morgan fingerprint density at radius 2 is 1.25 bits per heavy atom. The molecular weight excluding hydrogens is 253 g/mol. The van der Waals surface area contributed by atoms with Gasteiger partial charge in [0.15, 0.2) is 0 Å². The van der Waals surface area contributed by atoms with E-state index in [9.17, 15) is 0 Å². The van der Waals surface area contributed by atoms with Gasteiger partial charge in [0.25, 0.3) is 0 Å². The van der Waals surface area contributed by atoms with Crippen molar-refractivity contribution in [3.63, 3.8) is 0 Å². The molecule has 0 spiro atoms. The van der Waals surface area contributed by atoms with Gasteiger partial charge in [0.2, 0.25) is 0 Å². The van der Waals surface area contributed by atoms with Gasteiger partial charge in [-0.15, -0.1) is 0 Å². The van der Waals surface area contributed by atoms with E-state index in [1.807, 2.05) is 0 Å². The third-order valence-electron chi connectivity index (χ3n) is 0. The standard InChI is InChI=1S/Co.K.Ni.H2O4S.H/c;;;1-5(2,3)4;/h;;;(H2,1,2,3,4);/q;+1;;;-1. The Morgan fingerprint density at radius 1 is 1.25 bits per heavy atom. The molecular formula is H3CoKNiO4S. The molecule has 0 fully saturated rings. The van der Waals surface area contributed by atoms with E-state index in [0.717, 1.165) is 0 Å². The van der Waals surface area contributed by atoms with Crippen LogP contribution in [0.4, 0.5) is 0 Å². The molecule has 8 heavy (non-hydrogen) atoms. The second kappa shape index (κ2) is 9.51. The van der Waals surface area contributed by atoms with Gasteiger partial charge in [0.05, 0.1) is 0 Å². The largest absolute Gasteiger partial charge is 1.00 e. The van der Waals surface area contributed by atoms with Crippen LogP contribution < -0.4 is 51.4 Å². The van der Waals surface area contributed by atoms with Crippen molar-refractivity contribution in [2.24, 2.45) is 0 Å². The minimum Gasteiger partial charge on any atom is -1.00 e. The first kappa shape index (κ1) is 22.4. The van der Waals surface area contributed by atoms with Crippen LogP contribution in [0.5, 0.6) is 0 Å². The molecule has 0 rings (SSSR count). The van der Waals surface area contributed by atoms with E-state index in [0.29, 0.717) is 0 Å². The third kappa shape index (κ3) is 76.3. The Bertz CT molecular complexity index is 104. The zero-order chi connectivity index (χ0) is 4.50. The summed E-state index contributed by atoms with van der Waals surface area (Å²) in [4.78, 5) is 0. The summed E-state index contributed by atoms with van der Waals surface area (Å²) in [7, 11) is -4.67. The maximum absolute atomic E-state index is 8.74. The molecule has 1 radical (unpaired) electrons. The van der Waals surface area contributed by atoms with Gasteiger partial charge in [0, 0.05) is 33.3 Å². The van der Waals surface area contributed by atoms with Gasteiger partial charge in [-0.2, -0.15) is 8.42 Å². The predicted octanol–water partition coefficient (Wildman–Crippen LogP) is -3.54. The maximum atomic E-state index is 8.74. The zero-order valence-corrected chi connectivity index (χ0v) is 9.74. The summed E-state index contributed by atoms with van der Waals surface area (Å²) in [6, 6.07) is 0. The van der Waals surface area contributed by atoms with Gasteiger partial charge in [-0.25, -0.2) is 0 Å². The molecule has 0 heterocycles. The Balaban J connectivity index is -0.0000000133. The van der Waals surface area contributed by atoms with Gasteiger partial charge in [0.1, 0.15) is 0 Å². The molecule has 2 N–H and O–H groups in total. The first-order valence-electron chi connectivity index (χ1n) is 0.698. The molecule has 0 saturated carbocycles. The van der Waals surface area contributed by atoms with Crippen molar-refractivity contribution in [3.8, 4) is 0 Å². The van der Waals surface area contributed by atoms with E-state index >= 15 is 0 Å². The second-order valence-corrected chi connectivity index (χ2v) is 1.34. The molecule has 0 aromatic rings. The zero-order valence-electron chi connectivity index (χ0n) is 4.77. The van der Waals surface area contributed by atoms with Crippen LogP contribution in [0.3, 0.4) is 0 Å². The smallest absolute Gasteiger partial charge is 1.00 e. The van der Waals surface area contributed by atoms with Crippen LogP contribution >= 0.6 is 0 Å². The molecule has 8 heteroatoms. The molecule has 0 aliphatic carbocycles. The molecule has 0 aromatic heterocycles. The van der Waals surface area contributed by atoms with E-state index < -0.39 is 10.4 Å². The van der Waals surface area contributed by atoms with E-state index in [1.54, 1.807) is 0 Å². The van der Waals surface area contributed by atoms with Gasteiger partial charge in [-0.3, -0.25) is 9.11 Å². The quantitative estimate of drug-likeness (QED) is 0.347. The fourth-order valence-electron chi connectivity index (χ4n) is 0. The number of hydrogen-bond acceptors (Lipinski definition) is 2. The SMILES string of the molecule is O=S(=O)(O)O.[Co].[H-].[K+].[Ni]. The number of hydrogen-bond donors (Lipinski definition) is 2. The van der Waals surface area contributed by atoms with Crippen molar-refractivity contribution in [2.45, 2.75) is 0 Å². The van der Waals surface area contributed by atoms with Crippen LogP contribution in [-0.4, -0.2) is 17.5 Å². The van der Waals surface area contributed by atoms with Crippen LogP contribution in [0.2, 0.25) is 0 Å². The van der Waals surface area contributed by atoms with Gasteiger partial charge < -0.3 is 1.43 Å². The van der Waals surface area contributed by atoms with Gasteiger partial charge >= 0.3 is 61.8 Å². The minimum atomic E-state index is -4.67. The fourth-order valence-corrected chi connectivity index (χ4v) is 0. The van der Waals surface area contributed by atoms with Crippen LogP contribution in [-0.2, 0) is 43.7 Å². The first-order chi connectivity index (χ1) is 2.00. The van der Waals surface area contributed by atoms with Crippen LogP contribution in [0.15, 0.2) is 0 Å². The van der Waals surface area contributed by atoms with Crippen molar-refractivity contribution in [1.29, 1.82) is 0 Å².